The molecule has 0 aliphatic heterocycles. The Morgan fingerprint density at radius 2 is 1.89 bits per heavy atom. The molecule has 0 saturated carbocycles. The summed E-state index contributed by atoms with van der Waals surface area (Å²) in [6, 6.07) is 13.1. The predicted molar refractivity (Wildman–Crippen MR) is 107 cm³/mol. The molecule has 0 bridgehead atoms. The molecule has 0 aliphatic carbocycles. The quantitative estimate of drug-likeness (QED) is 0.520. The highest BCUT2D eigenvalue weighted by Gasteiger charge is 2.18. The van der Waals surface area contributed by atoms with Gasteiger partial charge >= 0.3 is 0 Å². The molecule has 7 nitrogen and oxygen atoms in total. The van der Waals surface area contributed by atoms with E-state index in [1.807, 2.05) is 38.1 Å². The van der Waals surface area contributed by atoms with Crippen molar-refractivity contribution in [2.75, 3.05) is 6.54 Å². The van der Waals surface area contributed by atoms with Crippen LogP contribution in [0.3, 0.4) is 0 Å². The van der Waals surface area contributed by atoms with Gasteiger partial charge in [0.05, 0.1) is 17.0 Å². The topological polar surface area (TPSA) is 96.3 Å². The predicted octanol–water partition coefficient (Wildman–Crippen LogP) is 3.80. The SMILES string of the molecule is CCCN(Cc1cc2cccc(C)c2[nH]c1=O)C(=O)c1ccc([N+](=O)[O-])cc1. The zero-order chi connectivity index (χ0) is 20.3. The van der Waals surface area contributed by atoms with Crippen molar-refractivity contribution in [1.82, 2.24) is 9.88 Å². The fraction of sp³-hybridized carbons (Fsp3) is 0.238. The number of fused-ring (bicyclic) bond motifs is 1. The van der Waals surface area contributed by atoms with Crippen molar-refractivity contribution in [3.8, 4) is 0 Å². The number of benzene rings is 2. The van der Waals surface area contributed by atoms with Crippen molar-refractivity contribution in [3.63, 3.8) is 0 Å². The smallest absolute Gasteiger partial charge is 0.269 e. The first-order valence-electron chi connectivity index (χ1n) is 9.06. The number of aryl methyl sites for hydroxylation is 1. The van der Waals surface area contributed by atoms with Crippen molar-refractivity contribution in [1.29, 1.82) is 0 Å². The Bertz CT molecular complexity index is 1090. The van der Waals surface area contributed by atoms with Crippen LogP contribution in [0.1, 0.15) is 34.8 Å². The monoisotopic (exact) mass is 379 g/mol. The molecule has 7 heteroatoms. The van der Waals surface area contributed by atoms with Gasteiger partial charge in [0.25, 0.3) is 17.2 Å². The summed E-state index contributed by atoms with van der Waals surface area (Å²) < 4.78 is 0. The maximum absolute atomic E-state index is 12.9. The fourth-order valence-corrected chi connectivity index (χ4v) is 3.18. The molecule has 28 heavy (non-hydrogen) atoms. The molecule has 0 unspecified atom stereocenters. The van der Waals surface area contributed by atoms with Gasteiger partial charge in [0, 0.05) is 29.8 Å². The molecule has 0 aliphatic rings. The second-order valence-electron chi connectivity index (χ2n) is 6.69. The number of para-hydroxylation sites is 1. The molecule has 3 rings (SSSR count). The third kappa shape index (κ3) is 3.93. The molecule has 3 aromatic rings. The number of H-pyrrole nitrogens is 1. The van der Waals surface area contributed by atoms with E-state index in [1.165, 1.54) is 24.3 Å². The Kier molecular flexibility index (Phi) is 5.54. The summed E-state index contributed by atoms with van der Waals surface area (Å²) in [6.45, 7) is 4.52. The van der Waals surface area contributed by atoms with Crippen LogP contribution < -0.4 is 5.56 Å². The molecular weight excluding hydrogens is 358 g/mol. The maximum Gasteiger partial charge on any atom is 0.269 e. The van der Waals surface area contributed by atoms with Crippen LogP contribution in [0.4, 0.5) is 5.69 Å². The van der Waals surface area contributed by atoms with Crippen LogP contribution in [-0.4, -0.2) is 27.3 Å². The first kappa shape index (κ1) is 19.3. The molecule has 1 N–H and O–H groups in total. The number of pyridine rings is 1. The lowest BCUT2D eigenvalue weighted by Crippen LogP contribution is -2.33. The van der Waals surface area contributed by atoms with Crippen LogP contribution in [0.25, 0.3) is 10.9 Å². The normalized spacial score (nSPS) is 10.8. The van der Waals surface area contributed by atoms with Crippen molar-refractivity contribution in [2.24, 2.45) is 0 Å². The van der Waals surface area contributed by atoms with Gasteiger partial charge in [-0.25, -0.2) is 0 Å². The van der Waals surface area contributed by atoms with Gasteiger partial charge in [-0.05, 0) is 42.5 Å². The highest BCUT2D eigenvalue weighted by Crippen LogP contribution is 2.18. The number of nitrogens with zero attached hydrogens (tertiary/aromatic N) is 2. The fourth-order valence-electron chi connectivity index (χ4n) is 3.18. The molecule has 144 valence electrons. The van der Waals surface area contributed by atoms with E-state index in [1.54, 1.807) is 4.90 Å². The Hall–Kier alpha value is -3.48. The number of rotatable bonds is 6. The van der Waals surface area contributed by atoms with Gasteiger partial charge in [0.1, 0.15) is 0 Å². The molecule has 0 fully saturated rings. The molecule has 1 amide bonds. The van der Waals surface area contributed by atoms with E-state index in [0.29, 0.717) is 17.7 Å². The second-order valence-corrected chi connectivity index (χ2v) is 6.69. The van der Waals surface area contributed by atoms with Crippen molar-refractivity contribution < 1.29 is 9.72 Å². The zero-order valence-electron chi connectivity index (χ0n) is 15.8. The van der Waals surface area contributed by atoms with E-state index < -0.39 is 4.92 Å². The molecule has 0 atom stereocenters. The number of carbonyl (C=O) groups is 1. The minimum absolute atomic E-state index is 0.0695. The number of aromatic nitrogens is 1. The number of hydrogen-bond donors (Lipinski definition) is 1. The highest BCUT2D eigenvalue weighted by atomic mass is 16.6. The number of nitro groups is 1. The number of nitro benzene ring substituents is 1. The van der Waals surface area contributed by atoms with Gasteiger partial charge in [0.2, 0.25) is 0 Å². The third-order valence-electron chi connectivity index (χ3n) is 4.63. The van der Waals surface area contributed by atoms with Crippen LogP contribution in [-0.2, 0) is 6.54 Å². The Balaban J connectivity index is 1.91. The van der Waals surface area contributed by atoms with E-state index in [-0.39, 0.29) is 23.7 Å². The van der Waals surface area contributed by atoms with Gasteiger partial charge in [0.15, 0.2) is 0 Å². The summed E-state index contributed by atoms with van der Waals surface area (Å²) in [5, 5.41) is 11.7. The number of aromatic amines is 1. The lowest BCUT2D eigenvalue weighted by Gasteiger charge is -2.22. The molecule has 1 aromatic heterocycles. The number of carbonyl (C=O) groups excluding carboxylic acids is 1. The Morgan fingerprint density at radius 3 is 2.54 bits per heavy atom. The highest BCUT2D eigenvalue weighted by molar-refractivity contribution is 5.94. The number of hydrogen-bond acceptors (Lipinski definition) is 4. The zero-order valence-corrected chi connectivity index (χ0v) is 15.8. The van der Waals surface area contributed by atoms with Crippen LogP contribution in [0, 0.1) is 17.0 Å². The van der Waals surface area contributed by atoms with Gasteiger partial charge in [-0.15, -0.1) is 0 Å². The molecule has 2 aromatic carbocycles. The average Bonchev–Trinajstić information content (AvgIpc) is 2.68. The minimum atomic E-state index is -0.505. The number of non-ortho nitro benzene ring substituents is 1. The summed E-state index contributed by atoms with van der Waals surface area (Å²) in [7, 11) is 0. The van der Waals surface area contributed by atoms with Gasteiger partial charge in [-0.3, -0.25) is 19.7 Å². The van der Waals surface area contributed by atoms with Crippen molar-refractivity contribution in [2.45, 2.75) is 26.8 Å². The molecule has 0 saturated heterocycles. The standard InChI is InChI=1S/C21H21N3O4/c1-3-11-23(21(26)15-7-9-18(10-8-15)24(27)28)13-17-12-16-6-4-5-14(2)19(16)22-20(17)25/h4-10,12H,3,11,13H2,1-2H3,(H,22,25). The van der Waals surface area contributed by atoms with Gasteiger partial charge < -0.3 is 9.88 Å². The number of amides is 1. The van der Waals surface area contributed by atoms with E-state index in [0.717, 1.165) is 22.9 Å². The largest absolute Gasteiger partial charge is 0.334 e. The molecule has 0 radical (unpaired) electrons. The van der Waals surface area contributed by atoms with Crippen LogP contribution in [0.5, 0.6) is 0 Å². The summed E-state index contributed by atoms with van der Waals surface area (Å²) in [6.07, 6.45) is 0.726. The second kappa shape index (κ2) is 8.04. The lowest BCUT2D eigenvalue weighted by molar-refractivity contribution is -0.384. The van der Waals surface area contributed by atoms with Crippen LogP contribution in [0.15, 0.2) is 53.3 Å². The van der Waals surface area contributed by atoms with Crippen LogP contribution >= 0.6 is 0 Å². The van der Waals surface area contributed by atoms with E-state index in [4.69, 9.17) is 0 Å². The third-order valence-corrected chi connectivity index (χ3v) is 4.63. The average molecular weight is 379 g/mol. The minimum Gasteiger partial charge on any atom is -0.334 e. The summed E-state index contributed by atoms with van der Waals surface area (Å²) in [4.78, 5) is 40.2. The van der Waals surface area contributed by atoms with Crippen molar-refractivity contribution >= 4 is 22.5 Å². The number of nitrogens with one attached hydrogen (secondary N) is 1. The Labute approximate surface area is 161 Å². The molecule has 1 heterocycles. The van der Waals surface area contributed by atoms with E-state index in [2.05, 4.69) is 4.98 Å². The van der Waals surface area contributed by atoms with E-state index in [9.17, 15) is 19.7 Å². The van der Waals surface area contributed by atoms with Gasteiger partial charge in [-0.1, -0.05) is 25.1 Å². The molecular formula is C21H21N3O4. The first-order valence-corrected chi connectivity index (χ1v) is 9.06. The Morgan fingerprint density at radius 1 is 1.18 bits per heavy atom. The first-order chi connectivity index (χ1) is 13.4. The van der Waals surface area contributed by atoms with E-state index >= 15 is 0 Å². The summed E-state index contributed by atoms with van der Waals surface area (Å²) in [5.41, 5.74) is 2.33. The lowest BCUT2D eigenvalue weighted by atomic mass is 10.1. The van der Waals surface area contributed by atoms with Crippen molar-refractivity contribution in [3.05, 3.63) is 85.7 Å². The summed E-state index contributed by atoms with van der Waals surface area (Å²) >= 11 is 0. The van der Waals surface area contributed by atoms with Gasteiger partial charge in [-0.2, -0.15) is 0 Å². The summed E-state index contributed by atoms with van der Waals surface area (Å²) in [5.74, 6) is -0.263. The maximum atomic E-state index is 12.9. The molecule has 0 spiro atoms. The van der Waals surface area contributed by atoms with Crippen LogP contribution in [0.2, 0.25) is 0 Å².